The molecule has 0 spiro atoms. The van der Waals surface area contributed by atoms with Crippen molar-refractivity contribution in [2.75, 3.05) is 11.9 Å². The molecule has 6 heteroatoms. The molecule has 2 aromatic rings. The number of aryl methyl sites for hydroxylation is 1. The Hall–Kier alpha value is -3.15. The molecule has 2 unspecified atom stereocenters. The molecular weight excluding hydrogens is 366 g/mol. The number of imide groups is 1. The minimum Gasteiger partial charge on any atom is -0.325 e. The second-order valence-electron chi connectivity index (χ2n) is 7.79. The third-order valence-corrected chi connectivity index (χ3v) is 5.58. The highest BCUT2D eigenvalue weighted by molar-refractivity contribution is 6.10. The number of nitrogens with zero attached hydrogens (tertiary/aromatic N) is 1. The van der Waals surface area contributed by atoms with Gasteiger partial charge >= 0.3 is 6.03 Å². The Morgan fingerprint density at radius 1 is 1.10 bits per heavy atom. The summed E-state index contributed by atoms with van der Waals surface area (Å²) in [6, 6.07) is 14.5. The van der Waals surface area contributed by atoms with Crippen molar-refractivity contribution in [3.05, 3.63) is 65.2 Å². The predicted molar refractivity (Wildman–Crippen MR) is 113 cm³/mol. The lowest BCUT2D eigenvalue weighted by Crippen LogP contribution is -2.42. The van der Waals surface area contributed by atoms with Gasteiger partial charge in [-0.15, -0.1) is 0 Å². The van der Waals surface area contributed by atoms with Gasteiger partial charge in [-0.1, -0.05) is 55.8 Å². The summed E-state index contributed by atoms with van der Waals surface area (Å²) in [7, 11) is 0. The molecule has 6 nitrogen and oxygen atoms in total. The first kappa shape index (κ1) is 20.6. The number of hydrogen-bond acceptors (Lipinski definition) is 3. The van der Waals surface area contributed by atoms with Gasteiger partial charge in [-0.2, -0.15) is 0 Å². The van der Waals surface area contributed by atoms with Crippen LogP contribution in [-0.4, -0.2) is 29.3 Å². The highest BCUT2D eigenvalue weighted by Crippen LogP contribution is 2.29. The Morgan fingerprint density at radius 3 is 2.31 bits per heavy atom. The maximum absolute atomic E-state index is 12.9. The summed E-state index contributed by atoms with van der Waals surface area (Å²) in [5, 5.41) is 5.47. The first-order chi connectivity index (χ1) is 13.7. The smallest absolute Gasteiger partial charge is 0.325 e. The Balaban J connectivity index is 1.68. The number of benzene rings is 2. The van der Waals surface area contributed by atoms with Crippen molar-refractivity contribution in [2.24, 2.45) is 0 Å². The third-order valence-electron chi connectivity index (χ3n) is 5.58. The van der Waals surface area contributed by atoms with E-state index < -0.39 is 23.4 Å². The monoisotopic (exact) mass is 393 g/mol. The molecule has 4 amide bonds. The number of rotatable bonds is 6. The molecule has 0 saturated carbocycles. The zero-order valence-corrected chi connectivity index (χ0v) is 17.3. The lowest BCUT2D eigenvalue weighted by Gasteiger charge is -2.22. The van der Waals surface area contributed by atoms with Gasteiger partial charge in [-0.3, -0.25) is 14.5 Å². The molecular formula is C23H27N3O3. The van der Waals surface area contributed by atoms with E-state index >= 15 is 0 Å². The number of amides is 4. The molecule has 0 aliphatic carbocycles. The molecule has 0 aromatic heterocycles. The van der Waals surface area contributed by atoms with Crippen LogP contribution in [0, 0.1) is 6.92 Å². The van der Waals surface area contributed by atoms with Crippen LogP contribution >= 0.6 is 0 Å². The Bertz CT molecular complexity index is 921. The van der Waals surface area contributed by atoms with E-state index in [1.165, 1.54) is 5.56 Å². The number of nitrogens with one attached hydrogen (secondary N) is 2. The second-order valence-corrected chi connectivity index (χ2v) is 7.79. The zero-order valence-electron chi connectivity index (χ0n) is 17.3. The molecule has 0 bridgehead atoms. The maximum Gasteiger partial charge on any atom is 0.325 e. The first-order valence-corrected chi connectivity index (χ1v) is 9.85. The van der Waals surface area contributed by atoms with Crippen LogP contribution in [0.15, 0.2) is 48.5 Å². The number of urea groups is 1. The number of carbonyl (C=O) groups excluding carboxylic acids is 3. The van der Waals surface area contributed by atoms with Crippen molar-refractivity contribution in [2.45, 2.75) is 45.6 Å². The normalized spacial score (nSPS) is 19.8. The van der Waals surface area contributed by atoms with Crippen molar-refractivity contribution in [1.82, 2.24) is 10.2 Å². The van der Waals surface area contributed by atoms with E-state index in [2.05, 4.69) is 24.5 Å². The van der Waals surface area contributed by atoms with Crippen LogP contribution in [0.1, 0.15) is 49.8 Å². The van der Waals surface area contributed by atoms with Crippen molar-refractivity contribution in [3.8, 4) is 0 Å². The molecule has 1 saturated heterocycles. The summed E-state index contributed by atoms with van der Waals surface area (Å²) < 4.78 is 0. The van der Waals surface area contributed by atoms with Crippen LogP contribution in [0.4, 0.5) is 10.5 Å². The van der Waals surface area contributed by atoms with Crippen LogP contribution in [0.2, 0.25) is 0 Å². The Kier molecular flexibility index (Phi) is 5.73. The highest BCUT2D eigenvalue weighted by Gasteiger charge is 2.49. The van der Waals surface area contributed by atoms with Crippen LogP contribution < -0.4 is 10.6 Å². The Morgan fingerprint density at radius 2 is 1.72 bits per heavy atom. The number of anilines is 1. The molecule has 2 aromatic carbocycles. The molecule has 1 aliphatic rings. The van der Waals surface area contributed by atoms with E-state index in [4.69, 9.17) is 0 Å². The van der Waals surface area contributed by atoms with Gasteiger partial charge in [0.15, 0.2) is 0 Å². The summed E-state index contributed by atoms with van der Waals surface area (Å²) in [5.41, 5.74) is 2.40. The van der Waals surface area contributed by atoms with Crippen LogP contribution in [-0.2, 0) is 15.1 Å². The van der Waals surface area contributed by atoms with Gasteiger partial charge in [-0.05, 0) is 49.4 Å². The van der Waals surface area contributed by atoms with Gasteiger partial charge in [0.25, 0.3) is 5.91 Å². The lowest BCUT2D eigenvalue weighted by molar-refractivity contribution is -0.133. The van der Waals surface area contributed by atoms with Gasteiger partial charge in [-0.25, -0.2) is 4.79 Å². The van der Waals surface area contributed by atoms with Crippen molar-refractivity contribution >= 4 is 23.5 Å². The largest absolute Gasteiger partial charge is 0.325 e. The first-order valence-electron chi connectivity index (χ1n) is 9.85. The fourth-order valence-corrected chi connectivity index (χ4v) is 3.40. The van der Waals surface area contributed by atoms with Crippen molar-refractivity contribution < 1.29 is 14.4 Å². The molecule has 29 heavy (non-hydrogen) atoms. The molecule has 2 atom stereocenters. The average molecular weight is 393 g/mol. The molecule has 152 valence electrons. The highest BCUT2D eigenvalue weighted by atomic mass is 16.2. The Labute approximate surface area is 171 Å². The van der Waals surface area contributed by atoms with E-state index in [-0.39, 0.29) is 6.54 Å². The molecule has 3 rings (SSSR count). The van der Waals surface area contributed by atoms with Crippen LogP contribution in [0.5, 0.6) is 0 Å². The standard InChI is InChI=1S/C23H27N3O3/c1-5-16(3)17-8-12-19(13-9-17)24-20(27)14-26-21(28)23(4,25-22(26)29)18-10-6-15(2)7-11-18/h6-13,16H,5,14H2,1-4H3,(H,24,27)(H,25,29). The van der Waals surface area contributed by atoms with E-state index in [1.54, 1.807) is 6.92 Å². The summed E-state index contributed by atoms with van der Waals surface area (Å²) in [4.78, 5) is 38.7. The summed E-state index contributed by atoms with van der Waals surface area (Å²) in [5.74, 6) is -0.406. The molecule has 1 fully saturated rings. The van der Waals surface area contributed by atoms with E-state index in [9.17, 15) is 14.4 Å². The topological polar surface area (TPSA) is 78.5 Å². The average Bonchev–Trinajstić information content (AvgIpc) is 2.92. The lowest BCUT2D eigenvalue weighted by atomic mass is 9.91. The predicted octanol–water partition coefficient (Wildman–Crippen LogP) is 3.91. The van der Waals surface area contributed by atoms with E-state index in [1.807, 2.05) is 55.5 Å². The number of carbonyl (C=O) groups is 3. The fourth-order valence-electron chi connectivity index (χ4n) is 3.40. The van der Waals surface area contributed by atoms with Crippen molar-refractivity contribution in [3.63, 3.8) is 0 Å². The summed E-state index contributed by atoms with van der Waals surface area (Å²) in [6.45, 7) is 7.55. The SMILES string of the molecule is CCC(C)c1ccc(NC(=O)CN2C(=O)NC(C)(c3ccc(C)cc3)C2=O)cc1. The molecule has 0 radical (unpaired) electrons. The second kappa shape index (κ2) is 8.07. The van der Waals surface area contributed by atoms with Gasteiger partial charge in [0.05, 0.1) is 0 Å². The molecule has 1 heterocycles. The van der Waals surface area contributed by atoms with Gasteiger partial charge < -0.3 is 10.6 Å². The number of hydrogen-bond donors (Lipinski definition) is 2. The quantitative estimate of drug-likeness (QED) is 0.730. The minimum absolute atomic E-state index is 0.334. The minimum atomic E-state index is -1.18. The van der Waals surface area contributed by atoms with Crippen molar-refractivity contribution in [1.29, 1.82) is 0 Å². The molecule has 1 aliphatic heterocycles. The van der Waals surface area contributed by atoms with Gasteiger partial charge in [0.2, 0.25) is 5.91 Å². The summed E-state index contributed by atoms with van der Waals surface area (Å²) in [6.07, 6.45) is 1.04. The maximum atomic E-state index is 12.9. The van der Waals surface area contributed by atoms with Crippen LogP contribution in [0.3, 0.4) is 0 Å². The van der Waals surface area contributed by atoms with E-state index in [0.717, 1.165) is 16.9 Å². The van der Waals surface area contributed by atoms with E-state index in [0.29, 0.717) is 17.2 Å². The molecule has 2 N–H and O–H groups in total. The van der Waals surface area contributed by atoms with Gasteiger partial charge in [0, 0.05) is 5.69 Å². The fraction of sp³-hybridized carbons (Fsp3) is 0.348. The van der Waals surface area contributed by atoms with Crippen LogP contribution in [0.25, 0.3) is 0 Å². The zero-order chi connectivity index (χ0) is 21.2. The third kappa shape index (κ3) is 4.16. The summed E-state index contributed by atoms with van der Waals surface area (Å²) >= 11 is 0. The van der Waals surface area contributed by atoms with Gasteiger partial charge in [0.1, 0.15) is 12.1 Å².